The van der Waals surface area contributed by atoms with Crippen LogP contribution in [0.15, 0.2) is 79.0 Å². The van der Waals surface area contributed by atoms with E-state index in [1.54, 1.807) is 36.4 Å². The molecule has 14 heteroatoms. The molecule has 1 amide bonds. The number of carbonyl (C=O) groups excluding carboxylic acids is 1. The van der Waals surface area contributed by atoms with Crippen molar-refractivity contribution >= 4 is 43.9 Å². The second-order valence-corrected chi connectivity index (χ2v) is 9.11. The van der Waals surface area contributed by atoms with Gasteiger partial charge in [0.2, 0.25) is 0 Å². The Bertz CT molecular complexity index is 1470. The van der Waals surface area contributed by atoms with Gasteiger partial charge in [0.1, 0.15) is 5.76 Å². The van der Waals surface area contributed by atoms with E-state index >= 15 is 0 Å². The van der Waals surface area contributed by atoms with E-state index in [0.29, 0.717) is 11.1 Å². The minimum absolute atomic E-state index is 0. The maximum atomic E-state index is 11.1. The van der Waals surface area contributed by atoms with Crippen molar-refractivity contribution < 1.29 is 41.1 Å². The molecule has 3 heterocycles. The molecule has 12 nitrogen and oxygen atoms in total. The summed E-state index contributed by atoms with van der Waals surface area (Å²) >= 11 is 0. The molecule has 2 aromatic carbocycles. The van der Waals surface area contributed by atoms with E-state index in [9.17, 15) is 36.9 Å². The number of hydrogen-bond acceptors (Lipinski definition) is 9. The zero-order valence-electron chi connectivity index (χ0n) is 16.5. The molecule has 5 rings (SSSR count). The summed E-state index contributed by atoms with van der Waals surface area (Å²) in [4.78, 5) is 14.2. The van der Waals surface area contributed by atoms with Crippen LogP contribution in [-0.2, 0) is 24.5 Å². The summed E-state index contributed by atoms with van der Waals surface area (Å²) in [5.41, 5.74) is 0.993. The van der Waals surface area contributed by atoms with E-state index in [1.165, 1.54) is 19.1 Å². The van der Waals surface area contributed by atoms with Crippen molar-refractivity contribution in [1.29, 1.82) is 0 Å². The van der Waals surface area contributed by atoms with Crippen LogP contribution in [0.3, 0.4) is 0 Å². The number of hydrogen-bond donors (Lipinski definition) is 0. The maximum Gasteiger partial charge on any atom is 0.427 e. The molecule has 2 aromatic rings. The first-order valence-electron chi connectivity index (χ1n) is 8.80. The lowest BCUT2D eigenvalue weighted by Crippen LogP contribution is -2.21. The molecule has 38 heavy (non-hydrogen) atoms. The molecule has 0 fully saturated rings. The number of nitrogens with zero attached hydrogens (tertiary/aromatic N) is 3. The van der Waals surface area contributed by atoms with Crippen LogP contribution < -0.4 is 15.3 Å². The lowest BCUT2D eigenvalue weighted by molar-refractivity contribution is -0.212. The summed E-state index contributed by atoms with van der Waals surface area (Å²) in [5.74, 6) is -2.29. The van der Waals surface area contributed by atoms with Gasteiger partial charge in [0, 0.05) is 22.9 Å². The summed E-state index contributed by atoms with van der Waals surface area (Å²) in [5, 5.41) is 32.2. The van der Waals surface area contributed by atoms with Crippen LogP contribution in [0.4, 0.5) is 0 Å². The van der Waals surface area contributed by atoms with E-state index in [-0.39, 0.29) is 53.4 Å². The van der Waals surface area contributed by atoms with Gasteiger partial charge in [-0.2, -0.15) is 21.2 Å². The van der Waals surface area contributed by atoms with Gasteiger partial charge < -0.3 is 19.5 Å². The topological polar surface area (TPSA) is 201 Å². The molecular weight excluding hydrogens is 538 g/mol. The van der Waals surface area contributed by atoms with Gasteiger partial charge in [-0.1, -0.05) is 73.5 Å². The Balaban J connectivity index is -0.000000456. The number of amides is 1. The summed E-state index contributed by atoms with van der Waals surface area (Å²) in [6.45, 7) is 1.37. The molecular formula is C24H32N3O9S2-3. The van der Waals surface area contributed by atoms with E-state index in [0.717, 1.165) is 6.08 Å². The molecule has 0 bridgehead atoms. The highest BCUT2D eigenvalue weighted by atomic mass is 32.2. The number of rotatable bonds is 0. The monoisotopic (exact) mass is 570 g/mol. The van der Waals surface area contributed by atoms with E-state index in [2.05, 4.69) is 18.0 Å². The fourth-order valence-corrected chi connectivity index (χ4v) is 4.45. The Labute approximate surface area is 224 Å². The van der Waals surface area contributed by atoms with Crippen LogP contribution in [0, 0.1) is 0 Å². The van der Waals surface area contributed by atoms with Crippen LogP contribution >= 0.6 is 0 Å². The first-order chi connectivity index (χ1) is 15.4. The second kappa shape index (κ2) is 14.6. The fraction of sp³-hybridized carbons (Fsp3) is 0.250. The van der Waals surface area contributed by atoms with Gasteiger partial charge in [0.25, 0.3) is 15.9 Å². The van der Waals surface area contributed by atoms with Gasteiger partial charge in [-0.05, 0) is 36.6 Å². The standard InChI is InChI=1S/C8H5NO2.C7H5NO3S.C4H5NO4S.5CH4/c10-7-5-3-1-2-4-6(5)8(11)9-7;9-7-5-3-1-2-4-6(5)12(10,11)8-7;1-3-2-4(6)5-10(7,8)9-3;;;;;/h1-4H,(H,9,10,11);1-4H,(H,8,9);2H,1H3,(H,5,6);5*1H4/p-3. The average molecular weight is 571 g/mol. The molecule has 0 atom stereocenters. The van der Waals surface area contributed by atoms with Crippen molar-refractivity contribution in [3.05, 3.63) is 77.1 Å². The first kappa shape index (κ1) is 38.5. The fourth-order valence-electron chi connectivity index (χ4n) is 2.66. The number of aliphatic imine (C=N–C) groups is 1. The Hall–Kier alpha value is -4.04. The lowest BCUT2D eigenvalue weighted by atomic mass is 10.1. The third-order valence-electron chi connectivity index (χ3n) is 3.95. The third kappa shape index (κ3) is 8.81. The molecule has 3 aliphatic heterocycles. The molecule has 0 radical (unpaired) electrons. The largest absolute Gasteiger partial charge is 0.858 e. The number of sulfonamides is 1. The first-order valence-corrected chi connectivity index (χ1v) is 11.6. The highest BCUT2D eigenvalue weighted by Gasteiger charge is 2.22. The summed E-state index contributed by atoms with van der Waals surface area (Å²) < 4.78 is 52.9. The van der Waals surface area contributed by atoms with Crippen LogP contribution in [0.2, 0.25) is 0 Å². The van der Waals surface area contributed by atoms with Gasteiger partial charge in [-0.3, -0.25) is 4.79 Å². The molecule has 0 N–H and O–H groups in total. The quantitative estimate of drug-likeness (QED) is 0.450. The smallest absolute Gasteiger partial charge is 0.427 e. The van der Waals surface area contributed by atoms with E-state index in [1.807, 2.05) is 0 Å². The Morgan fingerprint density at radius 3 is 1.68 bits per heavy atom. The van der Waals surface area contributed by atoms with Crippen molar-refractivity contribution in [3.63, 3.8) is 0 Å². The molecule has 0 saturated heterocycles. The predicted octanol–water partition coefficient (Wildman–Crippen LogP) is 1.55. The Kier molecular flexibility index (Phi) is 14.8. The van der Waals surface area contributed by atoms with Crippen LogP contribution in [0.1, 0.15) is 65.5 Å². The Morgan fingerprint density at radius 1 is 0.711 bits per heavy atom. The predicted molar refractivity (Wildman–Crippen MR) is 142 cm³/mol. The summed E-state index contributed by atoms with van der Waals surface area (Å²) in [6, 6.07) is 12.6. The molecule has 3 aliphatic rings. The lowest BCUT2D eigenvalue weighted by Gasteiger charge is -2.12. The highest BCUT2D eigenvalue weighted by Crippen LogP contribution is 2.23. The third-order valence-corrected chi connectivity index (χ3v) is 6.15. The zero-order chi connectivity index (χ0) is 24.4. The van der Waals surface area contributed by atoms with Crippen LogP contribution in [0.5, 0.6) is 0 Å². The maximum absolute atomic E-state index is 11.1. The second-order valence-electron chi connectivity index (χ2n) is 6.33. The molecule has 0 saturated carbocycles. The Morgan fingerprint density at radius 2 is 1.21 bits per heavy atom. The molecule has 0 spiro atoms. The molecule has 0 aromatic heterocycles. The van der Waals surface area contributed by atoms with E-state index in [4.69, 9.17) is 0 Å². The molecule has 0 unspecified atom stereocenters. The van der Waals surface area contributed by atoms with Crippen molar-refractivity contribution in [1.82, 2.24) is 0 Å². The number of allylic oxidation sites excluding steroid dienone is 1. The molecule has 212 valence electrons. The number of fused-ring (bicyclic) bond motifs is 2. The zero-order valence-corrected chi connectivity index (χ0v) is 18.2. The minimum atomic E-state index is -3.97. The highest BCUT2D eigenvalue weighted by molar-refractivity contribution is 7.90. The van der Waals surface area contributed by atoms with Crippen molar-refractivity contribution in [2.45, 2.75) is 49.0 Å². The van der Waals surface area contributed by atoms with Crippen LogP contribution in [-0.4, -0.2) is 40.4 Å². The normalized spacial score (nSPS) is 16.0. The van der Waals surface area contributed by atoms with Gasteiger partial charge in [-0.15, -0.1) is 4.40 Å². The van der Waals surface area contributed by atoms with Crippen molar-refractivity contribution in [2.24, 2.45) is 13.8 Å². The number of benzene rings is 2. The van der Waals surface area contributed by atoms with Gasteiger partial charge in [0.15, 0.2) is 0 Å². The summed E-state index contributed by atoms with van der Waals surface area (Å²) in [7, 11) is -7.65. The van der Waals surface area contributed by atoms with Crippen molar-refractivity contribution in [2.75, 3.05) is 0 Å². The van der Waals surface area contributed by atoms with Gasteiger partial charge in [-0.25, -0.2) is 4.99 Å². The average Bonchev–Trinajstić information content (AvgIpc) is 3.13. The minimum Gasteiger partial charge on any atom is -0.858 e. The van der Waals surface area contributed by atoms with Gasteiger partial charge >= 0.3 is 10.3 Å². The van der Waals surface area contributed by atoms with Crippen molar-refractivity contribution in [3.8, 4) is 0 Å². The number of carbonyl (C=O) groups is 1. The van der Waals surface area contributed by atoms with Crippen LogP contribution in [0.25, 0.3) is 0 Å². The summed E-state index contributed by atoms with van der Waals surface area (Å²) in [6.07, 6.45) is 1.00. The molecule has 0 aliphatic carbocycles. The van der Waals surface area contributed by atoms with Gasteiger partial charge in [0.05, 0.1) is 4.90 Å². The SMILES string of the molecule is C.C.C.C.C.CC1=CC([O-])=NS(=O)(=O)O1.O=C1N=C([O-])c2ccccc21.O=S1(=O)N=C([O-])c2ccccc21. The van der Waals surface area contributed by atoms with E-state index < -0.39 is 43.9 Å².